The summed E-state index contributed by atoms with van der Waals surface area (Å²) < 4.78 is 0. The molecule has 1 amide bonds. The van der Waals surface area contributed by atoms with Crippen LogP contribution in [0.25, 0.3) is 0 Å². The highest BCUT2D eigenvalue weighted by molar-refractivity contribution is 6.30. The molecule has 0 saturated heterocycles. The Balaban J connectivity index is 0.00000400. The summed E-state index contributed by atoms with van der Waals surface area (Å²) in [4.78, 5) is 12.4. The van der Waals surface area contributed by atoms with E-state index in [9.17, 15) is 4.79 Å². The number of carbonyl (C=O) groups is 1. The van der Waals surface area contributed by atoms with Crippen molar-refractivity contribution in [3.63, 3.8) is 0 Å². The molecule has 0 aliphatic heterocycles. The first-order valence-corrected chi connectivity index (χ1v) is 7.46. The second-order valence-electron chi connectivity index (χ2n) is 5.88. The van der Waals surface area contributed by atoms with Gasteiger partial charge in [-0.3, -0.25) is 4.79 Å². The number of carbonyl (C=O) groups excluding carboxylic acids is 1. The Morgan fingerprint density at radius 2 is 1.67 bits per heavy atom. The number of nitrogens with one attached hydrogen (secondary N) is 1. The molecule has 21 heavy (non-hydrogen) atoms. The summed E-state index contributed by atoms with van der Waals surface area (Å²) in [5.74, 6) is -0.0171. The molecule has 120 valence electrons. The smallest absolute Gasteiger partial charge is 0.230 e. The van der Waals surface area contributed by atoms with Crippen molar-refractivity contribution in [1.82, 2.24) is 5.32 Å². The van der Waals surface area contributed by atoms with Gasteiger partial charge in [-0.1, -0.05) is 37.6 Å². The lowest BCUT2D eigenvalue weighted by atomic mass is 9.83. The average Bonchev–Trinajstić information content (AvgIpc) is 2.44. The van der Waals surface area contributed by atoms with E-state index in [-0.39, 0.29) is 23.9 Å². The third-order valence-corrected chi connectivity index (χ3v) is 4.39. The number of amides is 1. The predicted molar refractivity (Wildman–Crippen MR) is 92.2 cm³/mol. The van der Waals surface area contributed by atoms with Crippen LogP contribution < -0.4 is 11.1 Å². The van der Waals surface area contributed by atoms with Crippen LogP contribution in [0.15, 0.2) is 24.3 Å². The van der Waals surface area contributed by atoms with Gasteiger partial charge in [-0.15, -0.1) is 12.4 Å². The van der Waals surface area contributed by atoms with E-state index in [0.29, 0.717) is 11.6 Å². The lowest BCUT2D eigenvalue weighted by molar-refractivity contribution is -0.125. The molecule has 0 saturated carbocycles. The van der Waals surface area contributed by atoms with E-state index >= 15 is 0 Å². The topological polar surface area (TPSA) is 55.1 Å². The Morgan fingerprint density at radius 1 is 1.19 bits per heavy atom. The van der Waals surface area contributed by atoms with Gasteiger partial charge in [0, 0.05) is 17.1 Å². The van der Waals surface area contributed by atoms with Crippen molar-refractivity contribution in [2.24, 2.45) is 5.73 Å². The van der Waals surface area contributed by atoms with E-state index in [0.717, 1.165) is 18.4 Å². The van der Waals surface area contributed by atoms with Gasteiger partial charge in [0.1, 0.15) is 0 Å². The average molecular weight is 333 g/mol. The molecule has 0 radical (unpaired) electrons. The van der Waals surface area contributed by atoms with Crippen LogP contribution in [0.5, 0.6) is 0 Å². The predicted octanol–water partition coefficient (Wildman–Crippen LogP) is 3.67. The first-order chi connectivity index (χ1) is 9.25. The summed E-state index contributed by atoms with van der Waals surface area (Å²) >= 11 is 5.88. The van der Waals surface area contributed by atoms with Crippen molar-refractivity contribution in [2.75, 3.05) is 6.54 Å². The van der Waals surface area contributed by atoms with E-state index < -0.39 is 5.41 Å². The fourth-order valence-electron chi connectivity index (χ4n) is 1.97. The third kappa shape index (κ3) is 5.17. The molecule has 1 rings (SSSR count). The van der Waals surface area contributed by atoms with Crippen LogP contribution in [0.1, 0.15) is 46.1 Å². The Morgan fingerprint density at radius 3 is 2.10 bits per heavy atom. The van der Waals surface area contributed by atoms with Crippen LogP contribution in [0.4, 0.5) is 0 Å². The zero-order valence-corrected chi connectivity index (χ0v) is 14.8. The van der Waals surface area contributed by atoms with Gasteiger partial charge in [0.2, 0.25) is 5.91 Å². The molecule has 3 N–H and O–H groups in total. The summed E-state index contributed by atoms with van der Waals surface area (Å²) in [6, 6.07) is 7.38. The summed E-state index contributed by atoms with van der Waals surface area (Å²) in [5.41, 5.74) is 6.22. The second-order valence-corrected chi connectivity index (χ2v) is 6.32. The third-order valence-electron chi connectivity index (χ3n) is 4.14. The van der Waals surface area contributed by atoms with Crippen molar-refractivity contribution < 1.29 is 4.79 Å². The fraction of sp³-hybridized carbons (Fsp3) is 0.562. The van der Waals surface area contributed by atoms with E-state index in [4.69, 9.17) is 17.3 Å². The molecule has 0 aromatic heterocycles. The molecule has 0 unspecified atom stereocenters. The minimum atomic E-state index is -0.604. The lowest BCUT2D eigenvalue weighted by Gasteiger charge is -2.30. The molecule has 0 aliphatic carbocycles. The Labute approximate surface area is 139 Å². The Bertz CT molecular complexity index is 454. The molecule has 0 spiro atoms. The minimum Gasteiger partial charge on any atom is -0.354 e. The molecule has 1 aromatic carbocycles. The van der Waals surface area contributed by atoms with E-state index in [2.05, 4.69) is 5.32 Å². The number of benzene rings is 1. The largest absolute Gasteiger partial charge is 0.354 e. The number of hydrogen-bond donors (Lipinski definition) is 2. The van der Waals surface area contributed by atoms with Gasteiger partial charge in [-0.25, -0.2) is 0 Å². The zero-order valence-electron chi connectivity index (χ0n) is 13.2. The van der Waals surface area contributed by atoms with Crippen molar-refractivity contribution in [3.05, 3.63) is 34.9 Å². The molecule has 3 nitrogen and oxygen atoms in total. The maximum Gasteiger partial charge on any atom is 0.230 e. The van der Waals surface area contributed by atoms with Crippen LogP contribution in [-0.2, 0) is 10.2 Å². The molecule has 0 bridgehead atoms. The number of halogens is 2. The second kappa shape index (κ2) is 8.02. The van der Waals surface area contributed by atoms with Gasteiger partial charge in [0.15, 0.2) is 0 Å². The highest BCUT2D eigenvalue weighted by Crippen LogP contribution is 2.25. The maximum atomic E-state index is 12.4. The van der Waals surface area contributed by atoms with E-state index in [1.54, 1.807) is 12.1 Å². The lowest BCUT2D eigenvalue weighted by Crippen LogP contribution is -2.52. The minimum absolute atomic E-state index is 0. The molecular formula is C16H26Cl2N2O. The van der Waals surface area contributed by atoms with E-state index in [1.807, 2.05) is 39.8 Å². The monoisotopic (exact) mass is 332 g/mol. The maximum absolute atomic E-state index is 12.4. The van der Waals surface area contributed by atoms with Gasteiger partial charge in [0.25, 0.3) is 0 Å². The van der Waals surface area contributed by atoms with Crippen LogP contribution in [-0.4, -0.2) is 18.0 Å². The van der Waals surface area contributed by atoms with Crippen LogP contribution in [0.3, 0.4) is 0 Å². The van der Waals surface area contributed by atoms with Crippen molar-refractivity contribution >= 4 is 29.9 Å². The molecule has 0 heterocycles. The first-order valence-electron chi connectivity index (χ1n) is 7.08. The van der Waals surface area contributed by atoms with Crippen LogP contribution in [0.2, 0.25) is 5.02 Å². The fourth-order valence-corrected chi connectivity index (χ4v) is 2.10. The number of hydrogen-bond acceptors (Lipinski definition) is 2. The van der Waals surface area contributed by atoms with Crippen molar-refractivity contribution in [2.45, 2.75) is 51.5 Å². The molecule has 0 fully saturated rings. The van der Waals surface area contributed by atoms with Crippen LogP contribution >= 0.6 is 24.0 Å². The van der Waals surface area contributed by atoms with Crippen molar-refractivity contribution in [3.8, 4) is 0 Å². The van der Waals surface area contributed by atoms with Gasteiger partial charge in [0.05, 0.1) is 5.41 Å². The van der Waals surface area contributed by atoms with E-state index in [1.165, 1.54) is 0 Å². The summed E-state index contributed by atoms with van der Waals surface area (Å²) in [7, 11) is 0. The highest BCUT2D eigenvalue weighted by Gasteiger charge is 2.31. The zero-order chi connectivity index (χ0) is 15.4. The molecular weight excluding hydrogens is 307 g/mol. The van der Waals surface area contributed by atoms with Gasteiger partial charge < -0.3 is 11.1 Å². The number of nitrogens with two attached hydrogens (primary N) is 1. The molecule has 1 aromatic rings. The molecule has 0 atom stereocenters. The van der Waals surface area contributed by atoms with Crippen molar-refractivity contribution in [1.29, 1.82) is 0 Å². The van der Waals surface area contributed by atoms with Gasteiger partial charge in [-0.05, 0) is 44.4 Å². The highest BCUT2D eigenvalue weighted by atomic mass is 35.5. The van der Waals surface area contributed by atoms with Crippen LogP contribution in [0, 0.1) is 0 Å². The van der Waals surface area contributed by atoms with Gasteiger partial charge in [-0.2, -0.15) is 0 Å². The first kappa shape index (κ1) is 20.2. The molecule has 0 aliphatic rings. The summed E-state index contributed by atoms with van der Waals surface area (Å²) in [5, 5.41) is 3.65. The van der Waals surface area contributed by atoms with Gasteiger partial charge >= 0.3 is 0 Å². The SMILES string of the molecule is CCC(N)(CC)CNC(=O)C(C)(C)c1ccc(Cl)cc1.Cl. The quantitative estimate of drug-likeness (QED) is 0.834. The Kier molecular flexibility index (Phi) is 7.73. The summed E-state index contributed by atoms with van der Waals surface area (Å²) in [6.07, 6.45) is 1.68. The number of rotatable bonds is 6. The molecule has 5 heteroatoms. The summed E-state index contributed by atoms with van der Waals surface area (Å²) in [6.45, 7) is 8.39. The standard InChI is InChI=1S/C16H25ClN2O.ClH/c1-5-16(18,6-2)11-19-14(20)15(3,4)12-7-9-13(17)10-8-12;/h7-10H,5-6,11,18H2,1-4H3,(H,19,20);1H. The Hall–Kier alpha value is -0.770. The normalized spacial score (nSPS) is 11.7.